The zero-order valence-corrected chi connectivity index (χ0v) is 24.3. The van der Waals surface area contributed by atoms with E-state index in [4.69, 9.17) is 14.7 Å². The molecule has 204 valence electrons. The van der Waals surface area contributed by atoms with Gasteiger partial charge in [0.25, 0.3) is 0 Å². The number of para-hydroxylation sites is 2. The number of aromatic nitrogens is 2. The quantitative estimate of drug-likeness (QED) is 0.193. The summed E-state index contributed by atoms with van der Waals surface area (Å²) >= 11 is 1.82. The third kappa shape index (κ3) is 5.00. The van der Waals surface area contributed by atoms with E-state index in [1.165, 1.54) is 25.7 Å². The molecule has 0 fully saturated rings. The van der Waals surface area contributed by atoms with Crippen LogP contribution in [0.4, 0.5) is 17.3 Å². The molecule has 7 aromatic rings. The van der Waals surface area contributed by atoms with Gasteiger partial charge in [-0.3, -0.25) is 4.90 Å². The van der Waals surface area contributed by atoms with Crippen molar-refractivity contribution < 1.29 is 4.74 Å². The Morgan fingerprint density at radius 2 is 1.36 bits per heavy atom. The van der Waals surface area contributed by atoms with Crippen LogP contribution in [0.15, 0.2) is 133 Å². The first kappa shape index (κ1) is 25.9. The van der Waals surface area contributed by atoms with Crippen molar-refractivity contribution in [2.75, 3.05) is 4.90 Å². The second-order valence-electron chi connectivity index (χ2n) is 10.5. The third-order valence-electron chi connectivity index (χ3n) is 7.33. The highest BCUT2D eigenvalue weighted by atomic mass is 32.1. The van der Waals surface area contributed by atoms with Gasteiger partial charge < -0.3 is 4.74 Å². The number of pyridine rings is 2. The molecule has 0 aliphatic carbocycles. The average molecular weight is 564 g/mol. The van der Waals surface area contributed by atoms with Crippen LogP contribution in [-0.2, 0) is 0 Å². The first-order valence-electron chi connectivity index (χ1n) is 14.1. The maximum absolute atomic E-state index is 6.12. The molecule has 7 rings (SSSR count). The summed E-state index contributed by atoms with van der Waals surface area (Å²) in [6.07, 6.45) is 0. The number of benzene rings is 4. The van der Waals surface area contributed by atoms with Gasteiger partial charge in [0.1, 0.15) is 17.4 Å². The number of hydrogen-bond acceptors (Lipinski definition) is 5. The predicted molar refractivity (Wildman–Crippen MR) is 176 cm³/mol. The fourth-order valence-electron chi connectivity index (χ4n) is 5.22. The molecule has 0 saturated heterocycles. The Hall–Kier alpha value is -5.00. The Morgan fingerprint density at radius 1 is 0.643 bits per heavy atom. The first-order valence-corrected chi connectivity index (χ1v) is 14.9. The van der Waals surface area contributed by atoms with Crippen LogP contribution in [0.25, 0.3) is 31.4 Å². The fourth-order valence-corrected chi connectivity index (χ4v) is 6.45. The summed E-state index contributed by atoms with van der Waals surface area (Å²) < 4.78 is 8.65. The average Bonchev–Trinajstić information content (AvgIpc) is 3.41. The van der Waals surface area contributed by atoms with E-state index in [0.717, 1.165) is 34.3 Å². The van der Waals surface area contributed by atoms with Crippen LogP contribution in [0.2, 0.25) is 0 Å². The minimum atomic E-state index is 0.311. The minimum absolute atomic E-state index is 0.311. The molecule has 0 N–H and O–H groups in total. The second kappa shape index (κ2) is 11.1. The predicted octanol–water partition coefficient (Wildman–Crippen LogP) is 10.9. The summed E-state index contributed by atoms with van der Waals surface area (Å²) in [6.45, 7) is 4.45. The van der Waals surface area contributed by atoms with Crippen molar-refractivity contribution in [3.8, 4) is 22.9 Å². The van der Waals surface area contributed by atoms with Gasteiger partial charge in [0.15, 0.2) is 0 Å². The normalized spacial score (nSPS) is 11.3. The second-order valence-corrected chi connectivity index (χ2v) is 11.6. The van der Waals surface area contributed by atoms with E-state index in [9.17, 15) is 0 Å². The number of anilines is 3. The van der Waals surface area contributed by atoms with Crippen LogP contribution in [0, 0.1) is 0 Å². The van der Waals surface area contributed by atoms with Crippen molar-refractivity contribution in [2.45, 2.75) is 19.8 Å². The van der Waals surface area contributed by atoms with Crippen molar-refractivity contribution in [1.82, 2.24) is 9.97 Å². The summed E-state index contributed by atoms with van der Waals surface area (Å²) in [5, 5.41) is 2.55. The van der Waals surface area contributed by atoms with Gasteiger partial charge in [-0.2, -0.15) is 4.98 Å². The molecule has 0 unspecified atom stereocenters. The molecule has 0 bridgehead atoms. The Balaban J connectivity index is 1.40. The lowest BCUT2D eigenvalue weighted by atomic mass is 10.00. The number of thiophene rings is 1. The molecule has 42 heavy (non-hydrogen) atoms. The highest BCUT2D eigenvalue weighted by Gasteiger charge is 2.20. The van der Waals surface area contributed by atoms with Gasteiger partial charge in [0.05, 0.1) is 5.69 Å². The molecule has 4 nitrogen and oxygen atoms in total. The summed E-state index contributed by atoms with van der Waals surface area (Å²) in [5.41, 5.74) is 4.28. The summed E-state index contributed by atoms with van der Waals surface area (Å²) in [7, 11) is 0. The highest BCUT2D eigenvalue weighted by molar-refractivity contribution is 7.26. The molecule has 3 aromatic heterocycles. The molecular formula is C37H29N3OS. The Labute approximate surface area is 249 Å². The van der Waals surface area contributed by atoms with E-state index in [-0.39, 0.29) is 0 Å². The molecule has 0 atom stereocenters. The van der Waals surface area contributed by atoms with Crippen LogP contribution < -0.4 is 9.64 Å². The van der Waals surface area contributed by atoms with Crippen molar-refractivity contribution in [3.63, 3.8) is 0 Å². The van der Waals surface area contributed by atoms with Gasteiger partial charge >= 0.3 is 0 Å². The SMILES string of the molecule is CC(C)c1cc(-c2cccc3c2sc2ccccc23)nc(N(c2ccccc2)c2cccc(Oc3ccccc3)n2)c1. The largest absolute Gasteiger partial charge is 0.439 e. The van der Waals surface area contributed by atoms with Gasteiger partial charge in [-0.25, -0.2) is 4.98 Å². The molecule has 0 radical (unpaired) electrons. The topological polar surface area (TPSA) is 38.2 Å². The monoisotopic (exact) mass is 563 g/mol. The lowest BCUT2D eigenvalue weighted by molar-refractivity contribution is 0.463. The van der Waals surface area contributed by atoms with E-state index >= 15 is 0 Å². The van der Waals surface area contributed by atoms with E-state index < -0.39 is 0 Å². The fraction of sp³-hybridized carbons (Fsp3) is 0.0811. The zero-order valence-electron chi connectivity index (χ0n) is 23.4. The molecule has 0 saturated carbocycles. The van der Waals surface area contributed by atoms with Crippen molar-refractivity contribution in [1.29, 1.82) is 0 Å². The summed E-state index contributed by atoms with van der Waals surface area (Å²) in [5.74, 6) is 3.12. The molecule has 0 aliphatic heterocycles. The van der Waals surface area contributed by atoms with Gasteiger partial charge in [-0.1, -0.05) is 92.7 Å². The Kier molecular flexibility index (Phi) is 6.86. The smallest absolute Gasteiger partial charge is 0.221 e. The number of nitrogens with zero attached hydrogens (tertiary/aromatic N) is 3. The van der Waals surface area contributed by atoms with E-state index in [1.807, 2.05) is 78.1 Å². The van der Waals surface area contributed by atoms with Gasteiger partial charge in [0.2, 0.25) is 5.88 Å². The van der Waals surface area contributed by atoms with Crippen LogP contribution in [0.1, 0.15) is 25.3 Å². The van der Waals surface area contributed by atoms with Crippen LogP contribution in [0.3, 0.4) is 0 Å². The number of fused-ring (bicyclic) bond motifs is 3. The molecule has 5 heteroatoms. The molecule has 4 aromatic carbocycles. The van der Waals surface area contributed by atoms with E-state index in [1.54, 1.807) is 0 Å². The minimum Gasteiger partial charge on any atom is -0.439 e. The summed E-state index contributed by atoms with van der Waals surface area (Å²) in [6, 6.07) is 45.4. The van der Waals surface area contributed by atoms with E-state index in [0.29, 0.717) is 11.8 Å². The number of rotatable bonds is 7. The van der Waals surface area contributed by atoms with Crippen molar-refractivity contribution >= 4 is 48.8 Å². The number of hydrogen-bond donors (Lipinski definition) is 0. The lowest BCUT2D eigenvalue weighted by Crippen LogP contribution is -2.14. The van der Waals surface area contributed by atoms with E-state index in [2.05, 4.69) is 85.5 Å². The molecule has 3 heterocycles. The highest BCUT2D eigenvalue weighted by Crippen LogP contribution is 2.42. The number of ether oxygens (including phenoxy) is 1. The summed E-state index contributed by atoms with van der Waals surface area (Å²) in [4.78, 5) is 12.4. The Bertz CT molecular complexity index is 2000. The maximum atomic E-state index is 6.12. The first-order chi connectivity index (χ1) is 20.6. The van der Waals surface area contributed by atoms with Crippen LogP contribution in [0.5, 0.6) is 11.6 Å². The molecule has 0 amide bonds. The van der Waals surface area contributed by atoms with Gasteiger partial charge in [-0.15, -0.1) is 11.3 Å². The van der Waals surface area contributed by atoms with Crippen molar-refractivity contribution in [3.05, 3.63) is 139 Å². The molecular weight excluding hydrogens is 534 g/mol. The van der Waals surface area contributed by atoms with Gasteiger partial charge in [0, 0.05) is 37.5 Å². The Morgan fingerprint density at radius 3 is 2.17 bits per heavy atom. The van der Waals surface area contributed by atoms with Gasteiger partial charge in [-0.05, 0) is 60.0 Å². The third-order valence-corrected chi connectivity index (χ3v) is 8.55. The van der Waals surface area contributed by atoms with Crippen LogP contribution in [-0.4, -0.2) is 9.97 Å². The van der Waals surface area contributed by atoms with Crippen molar-refractivity contribution in [2.24, 2.45) is 0 Å². The standard InChI is InChI=1S/C37H29N3OS/c1-25(2)26-23-32(31-19-11-18-30-29-17-9-10-20-33(29)42-37(30)31)38-35(24-26)40(27-13-5-3-6-14-27)34-21-12-22-36(39-34)41-28-15-7-4-8-16-28/h3-25H,1-2H3. The van der Waals surface area contributed by atoms with Crippen LogP contribution >= 0.6 is 11.3 Å². The lowest BCUT2D eigenvalue weighted by Gasteiger charge is -2.25. The maximum Gasteiger partial charge on any atom is 0.221 e. The zero-order chi connectivity index (χ0) is 28.5. The molecule has 0 aliphatic rings. The molecule has 0 spiro atoms.